The Labute approximate surface area is 216 Å². The van der Waals surface area contributed by atoms with Crippen molar-refractivity contribution in [1.29, 1.82) is 0 Å². The largest absolute Gasteiger partial charge is 0.496 e. The fourth-order valence-corrected chi connectivity index (χ4v) is 5.10. The highest BCUT2D eigenvalue weighted by Crippen LogP contribution is 2.38. The average Bonchev–Trinajstić information content (AvgIpc) is 3.58. The number of carbonyl (C=O) groups excluding carboxylic acids is 2. The van der Waals surface area contributed by atoms with Crippen molar-refractivity contribution in [2.75, 3.05) is 59.3 Å². The number of fused-ring (bicyclic) bond motifs is 1. The van der Waals surface area contributed by atoms with Gasteiger partial charge in [0.1, 0.15) is 11.5 Å². The number of hydrogen-bond acceptors (Lipinski definition) is 6. The van der Waals surface area contributed by atoms with Crippen LogP contribution in [0.15, 0.2) is 18.2 Å². The SMILES string of the molecule is CCN1CC(C)(C(=O)NC2CCCC2)CNc2c(OC)ccc(OC)c2/C=C/C1=O.CN1CCCC1. The average molecular weight is 501 g/mol. The molecule has 1 saturated heterocycles. The van der Waals surface area contributed by atoms with Crippen molar-refractivity contribution in [2.24, 2.45) is 5.41 Å². The van der Waals surface area contributed by atoms with Gasteiger partial charge >= 0.3 is 0 Å². The number of benzene rings is 1. The van der Waals surface area contributed by atoms with Gasteiger partial charge < -0.3 is 29.9 Å². The Hall–Kier alpha value is -2.74. The third kappa shape index (κ3) is 6.93. The molecule has 1 unspecified atom stereocenters. The van der Waals surface area contributed by atoms with Crippen molar-refractivity contribution < 1.29 is 19.1 Å². The zero-order valence-electron chi connectivity index (χ0n) is 22.7. The van der Waals surface area contributed by atoms with E-state index in [1.54, 1.807) is 25.2 Å². The van der Waals surface area contributed by atoms with Crippen LogP contribution in [-0.2, 0) is 9.59 Å². The Morgan fingerprint density at radius 1 is 1.08 bits per heavy atom. The Morgan fingerprint density at radius 3 is 2.28 bits per heavy atom. The molecule has 1 saturated carbocycles. The highest BCUT2D eigenvalue weighted by molar-refractivity contribution is 5.95. The summed E-state index contributed by atoms with van der Waals surface area (Å²) in [6.45, 7) is 7.70. The standard InChI is InChI=1S/C23H33N3O4.C5H11N/c1-5-26-15-23(2,22(28)25-16-8-6-7-9-16)14-24-21-17(10-13-20(26)27)18(29-3)11-12-19(21)30-4;1-6-4-2-3-5-6/h10-13,16,24H,5-9,14-15H2,1-4H3,(H,25,28);2-5H2,1H3/b13-10+;. The first kappa shape index (κ1) is 27.8. The molecule has 1 aliphatic carbocycles. The van der Waals surface area contributed by atoms with E-state index >= 15 is 0 Å². The van der Waals surface area contributed by atoms with Crippen LogP contribution in [0.2, 0.25) is 0 Å². The number of ether oxygens (including phenoxy) is 2. The quantitative estimate of drug-likeness (QED) is 0.641. The van der Waals surface area contributed by atoms with Gasteiger partial charge in [-0.15, -0.1) is 0 Å². The van der Waals surface area contributed by atoms with E-state index in [0.717, 1.165) is 31.2 Å². The fraction of sp³-hybridized carbons (Fsp3) is 0.643. The van der Waals surface area contributed by atoms with Gasteiger partial charge in [-0.1, -0.05) is 12.8 Å². The summed E-state index contributed by atoms with van der Waals surface area (Å²) in [4.78, 5) is 30.3. The third-order valence-corrected chi connectivity index (χ3v) is 7.46. The highest BCUT2D eigenvalue weighted by Gasteiger charge is 2.38. The molecule has 8 heteroatoms. The number of nitrogens with one attached hydrogen (secondary N) is 2. The van der Waals surface area contributed by atoms with Crippen LogP contribution in [0.5, 0.6) is 11.5 Å². The van der Waals surface area contributed by atoms with E-state index in [4.69, 9.17) is 9.47 Å². The van der Waals surface area contributed by atoms with E-state index in [1.807, 2.05) is 26.0 Å². The zero-order valence-corrected chi connectivity index (χ0v) is 22.7. The second kappa shape index (κ2) is 13.0. The van der Waals surface area contributed by atoms with Crippen LogP contribution in [0.4, 0.5) is 5.69 Å². The second-order valence-electron chi connectivity index (χ2n) is 10.3. The van der Waals surface area contributed by atoms with Crippen molar-refractivity contribution in [3.05, 3.63) is 23.8 Å². The van der Waals surface area contributed by atoms with Gasteiger partial charge in [0, 0.05) is 37.3 Å². The molecule has 0 bridgehead atoms. The number of rotatable bonds is 5. The van der Waals surface area contributed by atoms with Gasteiger partial charge in [-0.05, 0) is 77.9 Å². The molecular weight excluding hydrogens is 456 g/mol. The van der Waals surface area contributed by atoms with Gasteiger partial charge in [-0.25, -0.2) is 0 Å². The molecule has 36 heavy (non-hydrogen) atoms. The molecule has 1 aromatic rings. The maximum Gasteiger partial charge on any atom is 0.246 e. The van der Waals surface area contributed by atoms with Crippen LogP contribution in [0.25, 0.3) is 6.08 Å². The lowest BCUT2D eigenvalue weighted by Crippen LogP contribution is -2.53. The number of likely N-dealkylation sites (tertiary alicyclic amines) is 1. The second-order valence-corrected chi connectivity index (χ2v) is 10.3. The van der Waals surface area contributed by atoms with Gasteiger partial charge in [-0.2, -0.15) is 0 Å². The van der Waals surface area contributed by atoms with Crippen molar-refractivity contribution in [3.63, 3.8) is 0 Å². The monoisotopic (exact) mass is 500 g/mol. The molecule has 0 spiro atoms. The molecule has 0 radical (unpaired) electrons. The van der Waals surface area contributed by atoms with E-state index < -0.39 is 5.41 Å². The normalized spacial score (nSPS) is 23.7. The summed E-state index contributed by atoms with van der Waals surface area (Å²) in [5.74, 6) is 1.11. The summed E-state index contributed by atoms with van der Waals surface area (Å²) in [5, 5.41) is 6.65. The first-order chi connectivity index (χ1) is 17.3. The topological polar surface area (TPSA) is 83.1 Å². The lowest BCUT2D eigenvalue weighted by atomic mass is 9.87. The van der Waals surface area contributed by atoms with Crippen LogP contribution in [0, 0.1) is 5.41 Å². The van der Waals surface area contributed by atoms with Crippen LogP contribution in [0.1, 0.15) is 57.9 Å². The summed E-state index contributed by atoms with van der Waals surface area (Å²) in [6, 6.07) is 3.85. The van der Waals surface area contributed by atoms with Gasteiger partial charge in [-0.3, -0.25) is 9.59 Å². The first-order valence-corrected chi connectivity index (χ1v) is 13.3. The number of amides is 2. The van der Waals surface area contributed by atoms with Gasteiger partial charge in [0.2, 0.25) is 11.8 Å². The van der Waals surface area contributed by atoms with Crippen molar-refractivity contribution in [3.8, 4) is 11.5 Å². The molecule has 4 rings (SSSR count). The van der Waals surface area contributed by atoms with E-state index in [9.17, 15) is 9.59 Å². The maximum absolute atomic E-state index is 13.3. The van der Waals surface area contributed by atoms with E-state index in [0.29, 0.717) is 36.8 Å². The predicted molar refractivity (Wildman–Crippen MR) is 145 cm³/mol. The Balaban J connectivity index is 0.000000526. The Bertz CT molecular complexity index is 922. The first-order valence-electron chi connectivity index (χ1n) is 13.3. The molecule has 2 aliphatic heterocycles. The van der Waals surface area contributed by atoms with Crippen LogP contribution in [0.3, 0.4) is 0 Å². The maximum atomic E-state index is 13.3. The van der Waals surface area contributed by atoms with Crippen molar-refractivity contribution in [1.82, 2.24) is 15.1 Å². The molecular formula is C28H44N4O4. The number of hydrogen-bond donors (Lipinski definition) is 2. The fourth-order valence-electron chi connectivity index (χ4n) is 5.10. The van der Waals surface area contributed by atoms with Crippen LogP contribution in [-0.4, -0.2) is 81.6 Å². The minimum Gasteiger partial charge on any atom is -0.496 e. The molecule has 2 N–H and O–H groups in total. The molecule has 8 nitrogen and oxygen atoms in total. The van der Waals surface area contributed by atoms with E-state index in [-0.39, 0.29) is 17.9 Å². The van der Waals surface area contributed by atoms with E-state index in [1.165, 1.54) is 32.0 Å². The minimum absolute atomic E-state index is 0.0267. The molecule has 1 atom stereocenters. The number of anilines is 1. The third-order valence-electron chi connectivity index (χ3n) is 7.46. The Kier molecular flexibility index (Phi) is 10.0. The lowest BCUT2D eigenvalue weighted by Gasteiger charge is -2.36. The number of nitrogens with zero attached hydrogens (tertiary/aromatic N) is 2. The molecule has 1 aromatic carbocycles. The summed E-state index contributed by atoms with van der Waals surface area (Å²) in [7, 11) is 5.36. The smallest absolute Gasteiger partial charge is 0.246 e. The lowest BCUT2D eigenvalue weighted by molar-refractivity contribution is -0.134. The van der Waals surface area contributed by atoms with Crippen molar-refractivity contribution in [2.45, 2.75) is 58.4 Å². The summed E-state index contributed by atoms with van der Waals surface area (Å²) in [5.41, 5.74) is 0.637. The zero-order chi connectivity index (χ0) is 26.1. The van der Waals surface area contributed by atoms with Gasteiger partial charge in [0.25, 0.3) is 0 Å². The van der Waals surface area contributed by atoms with Crippen molar-refractivity contribution >= 4 is 23.6 Å². The number of likely N-dealkylation sites (N-methyl/N-ethyl adjacent to an activating group) is 1. The Morgan fingerprint density at radius 2 is 1.72 bits per heavy atom. The molecule has 3 aliphatic rings. The summed E-state index contributed by atoms with van der Waals surface area (Å²) >= 11 is 0. The van der Waals surface area contributed by atoms with Crippen LogP contribution < -0.4 is 20.1 Å². The van der Waals surface area contributed by atoms with E-state index in [2.05, 4.69) is 22.6 Å². The van der Waals surface area contributed by atoms with Gasteiger partial charge in [0.15, 0.2) is 0 Å². The molecule has 0 aromatic heterocycles. The van der Waals surface area contributed by atoms with Gasteiger partial charge in [0.05, 0.1) is 25.3 Å². The summed E-state index contributed by atoms with van der Waals surface area (Å²) < 4.78 is 11.0. The molecule has 200 valence electrons. The molecule has 2 heterocycles. The summed E-state index contributed by atoms with van der Waals surface area (Å²) in [6.07, 6.45) is 10.4. The van der Waals surface area contributed by atoms with Crippen LogP contribution >= 0.6 is 0 Å². The predicted octanol–water partition coefficient (Wildman–Crippen LogP) is 3.77. The number of carbonyl (C=O) groups is 2. The molecule has 2 fully saturated rings. The number of methoxy groups -OCH3 is 2. The highest BCUT2D eigenvalue weighted by atomic mass is 16.5. The minimum atomic E-state index is -0.801. The molecule has 2 amide bonds.